The summed E-state index contributed by atoms with van der Waals surface area (Å²) in [5.74, 6) is 0.482. The van der Waals surface area contributed by atoms with Gasteiger partial charge < -0.3 is 15.0 Å². The summed E-state index contributed by atoms with van der Waals surface area (Å²) in [4.78, 5) is 32.8. The minimum atomic E-state index is -0.164. The first kappa shape index (κ1) is 17.1. The van der Waals surface area contributed by atoms with Gasteiger partial charge in [-0.25, -0.2) is 4.98 Å². The number of hydrogen-bond donors (Lipinski definition) is 2. The molecule has 1 amide bonds. The van der Waals surface area contributed by atoms with Crippen LogP contribution in [0.3, 0.4) is 0 Å². The van der Waals surface area contributed by atoms with Gasteiger partial charge in [-0.1, -0.05) is 12.1 Å². The maximum atomic E-state index is 12.0. The van der Waals surface area contributed by atoms with Crippen LogP contribution in [-0.4, -0.2) is 54.6 Å². The van der Waals surface area contributed by atoms with Gasteiger partial charge in [-0.05, 0) is 25.6 Å². The predicted molar refractivity (Wildman–Crippen MR) is 88.2 cm³/mol. The highest BCUT2D eigenvalue weighted by Gasteiger charge is 2.09. The standard InChI is InChI=1S/C16H22N4O3/c1-20(11-15(21)17-8-5-9-23-2)10-14-18-13-7-4-3-6-12(13)16(22)19-14/h3-4,6-7H,5,8-11H2,1-2H3,(H,17,21)(H,18,19,22). The number of H-pyrrole nitrogens is 1. The van der Waals surface area contributed by atoms with E-state index in [1.807, 2.05) is 13.1 Å². The van der Waals surface area contributed by atoms with Gasteiger partial charge in [0.05, 0.1) is 24.0 Å². The Labute approximate surface area is 134 Å². The number of likely N-dealkylation sites (N-methyl/N-ethyl adjacent to an activating group) is 1. The van der Waals surface area contributed by atoms with E-state index in [4.69, 9.17) is 4.74 Å². The maximum absolute atomic E-state index is 12.0. The second kappa shape index (κ2) is 8.40. The van der Waals surface area contributed by atoms with Crippen LogP contribution >= 0.6 is 0 Å². The Morgan fingerprint density at radius 2 is 2.17 bits per heavy atom. The first-order valence-corrected chi connectivity index (χ1v) is 7.52. The van der Waals surface area contributed by atoms with Crippen LogP contribution in [-0.2, 0) is 16.1 Å². The van der Waals surface area contributed by atoms with Gasteiger partial charge in [0.2, 0.25) is 5.91 Å². The lowest BCUT2D eigenvalue weighted by atomic mass is 10.2. The molecule has 0 aliphatic heterocycles. The van der Waals surface area contributed by atoms with Crippen molar-refractivity contribution in [1.82, 2.24) is 20.2 Å². The number of aromatic amines is 1. The van der Waals surface area contributed by atoms with Crippen molar-refractivity contribution < 1.29 is 9.53 Å². The van der Waals surface area contributed by atoms with Gasteiger partial charge in [-0.2, -0.15) is 0 Å². The Morgan fingerprint density at radius 1 is 1.39 bits per heavy atom. The number of carbonyl (C=O) groups excluding carboxylic acids is 1. The van der Waals surface area contributed by atoms with E-state index in [1.54, 1.807) is 30.2 Å². The number of ether oxygens (including phenoxy) is 1. The number of carbonyl (C=O) groups is 1. The average Bonchev–Trinajstić information content (AvgIpc) is 2.51. The van der Waals surface area contributed by atoms with Gasteiger partial charge >= 0.3 is 0 Å². The molecule has 1 aromatic carbocycles. The van der Waals surface area contributed by atoms with E-state index in [1.165, 1.54) is 0 Å². The largest absolute Gasteiger partial charge is 0.385 e. The first-order chi connectivity index (χ1) is 11.1. The number of nitrogens with one attached hydrogen (secondary N) is 2. The third kappa shape index (κ3) is 5.15. The minimum absolute atomic E-state index is 0.0632. The fourth-order valence-corrected chi connectivity index (χ4v) is 2.27. The molecule has 0 radical (unpaired) electrons. The fourth-order valence-electron chi connectivity index (χ4n) is 2.27. The van der Waals surface area contributed by atoms with Crippen molar-refractivity contribution >= 4 is 16.8 Å². The summed E-state index contributed by atoms with van der Waals surface area (Å²) in [6.07, 6.45) is 0.783. The molecule has 7 nitrogen and oxygen atoms in total. The number of methoxy groups -OCH3 is 1. The molecule has 1 aromatic heterocycles. The molecule has 0 fully saturated rings. The molecular formula is C16H22N4O3. The Kier molecular flexibility index (Phi) is 6.25. The lowest BCUT2D eigenvalue weighted by molar-refractivity contribution is -0.122. The summed E-state index contributed by atoms with van der Waals surface area (Å²) < 4.78 is 4.93. The van der Waals surface area contributed by atoms with E-state index in [-0.39, 0.29) is 18.0 Å². The van der Waals surface area contributed by atoms with Crippen LogP contribution in [0, 0.1) is 0 Å². The average molecular weight is 318 g/mol. The second-order valence-corrected chi connectivity index (χ2v) is 5.40. The molecule has 0 saturated carbocycles. The van der Waals surface area contributed by atoms with E-state index in [0.29, 0.717) is 36.4 Å². The van der Waals surface area contributed by atoms with Crippen molar-refractivity contribution in [1.29, 1.82) is 0 Å². The molecule has 23 heavy (non-hydrogen) atoms. The summed E-state index contributed by atoms with van der Waals surface area (Å²) in [5.41, 5.74) is 0.492. The van der Waals surface area contributed by atoms with E-state index in [9.17, 15) is 9.59 Å². The molecule has 0 aliphatic rings. The number of hydrogen-bond acceptors (Lipinski definition) is 5. The maximum Gasteiger partial charge on any atom is 0.258 e. The van der Waals surface area contributed by atoms with Crippen LogP contribution in [0.4, 0.5) is 0 Å². The predicted octanol–water partition coefficient (Wildman–Crippen LogP) is 0.508. The van der Waals surface area contributed by atoms with Crippen molar-refractivity contribution in [2.75, 3.05) is 33.9 Å². The second-order valence-electron chi connectivity index (χ2n) is 5.40. The van der Waals surface area contributed by atoms with E-state index in [2.05, 4.69) is 15.3 Å². The Hall–Kier alpha value is -2.25. The van der Waals surface area contributed by atoms with Gasteiger partial charge in [0.15, 0.2) is 0 Å². The van der Waals surface area contributed by atoms with Crippen molar-refractivity contribution in [3.8, 4) is 0 Å². The summed E-state index contributed by atoms with van der Waals surface area (Å²) in [7, 11) is 3.44. The van der Waals surface area contributed by atoms with Crippen LogP contribution in [0.25, 0.3) is 10.9 Å². The Bertz CT molecular complexity index is 714. The number of amides is 1. The number of fused-ring (bicyclic) bond motifs is 1. The smallest absolute Gasteiger partial charge is 0.258 e. The SMILES string of the molecule is COCCCNC(=O)CN(C)Cc1nc2ccccc2c(=O)[nH]1. The highest BCUT2D eigenvalue weighted by Crippen LogP contribution is 2.06. The molecule has 2 aromatic rings. The summed E-state index contributed by atoms with van der Waals surface area (Å²) in [6, 6.07) is 7.19. The van der Waals surface area contributed by atoms with Crippen molar-refractivity contribution in [3.05, 3.63) is 40.4 Å². The van der Waals surface area contributed by atoms with Gasteiger partial charge in [0.1, 0.15) is 5.82 Å². The summed E-state index contributed by atoms with van der Waals surface area (Å²) in [6.45, 7) is 1.85. The van der Waals surface area contributed by atoms with Crippen LogP contribution in [0.2, 0.25) is 0 Å². The zero-order valence-corrected chi connectivity index (χ0v) is 13.5. The number of nitrogens with zero attached hydrogens (tertiary/aromatic N) is 2. The Morgan fingerprint density at radius 3 is 2.96 bits per heavy atom. The number of aromatic nitrogens is 2. The van der Waals surface area contributed by atoms with Crippen molar-refractivity contribution in [2.24, 2.45) is 0 Å². The third-order valence-electron chi connectivity index (χ3n) is 3.34. The molecule has 0 aliphatic carbocycles. The monoisotopic (exact) mass is 318 g/mol. The van der Waals surface area contributed by atoms with Gasteiger partial charge in [-0.3, -0.25) is 14.5 Å². The minimum Gasteiger partial charge on any atom is -0.385 e. The zero-order valence-electron chi connectivity index (χ0n) is 13.5. The van der Waals surface area contributed by atoms with Gasteiger partial charge in [0.25, 0.3) is 5.56 Å². The third-order valence-corrected chi connectivity index (χ3v) is 3.34. The molecule has 0 bridgehead atoms. The number of benzene rings is 1. The van der Waals surface area contributed by atoms with Crippen LogP contribution in [0.15, 0.2) is 29.1 Å². The van der Waals surface area contributed by atoms with Gasteiger partial charge in [-0.15, -0.1) is 0 Å². The molecule has 2 N–H and O–H groups in total. The summed E-state index contributed by atoms with van der Waals surface area (Å²) in [5, 5.41) is 3.39. The Balaban J connectivity index is 1.91. The lowest BCUT2D eigenvalue weighted by Crippen LogP contribution is -2.36. The molecular weight excluding hydrogens is 296 g/mol. The molecule has 0 saturated heterocycles. The molecule has 0 atom stereocenters. The highest BCUT2D eigenvalue weighted by atomic mass is 16.5. The molecule has 124 valence electrons. The first-order valence-electron chi connectivity index (χ1n) is 7.52. The van der Waals surface area contributed by atoms with Crippen molar-refractivity contribution in [3.63, 3.8) is 0 Å². The quantitative estimate of drug-likeness (QED) is 0.693. The van der Waals surface area contributed by atoms with Crippen LogP contribution < -0.4 is 10.9 Å². The highest BCUT2D eigenvalue weighted by molar-refractivity contribution is 5.78. The molecule has 0 unspecified atom stereocenters. The van der Waals surface area contributed by atoms with E-state index < -0.39 is 0 Å². The zero-order chi connectivity index (χ0) is 16.7. The number of rotatable bonds is 8. The van der Waals surface area contributed by atoms with Crippen molar-refractivity contribution in [2.45, 2.75) is 13.0 Å². The molecule has 1 heterocycles. The molecule has 2 rings (SSSR count). The summed E-state index contributed by atoms with van der Waals surface area (Å²) >= 11 is 0. The normalized spacial score (nSPS) is 11.1. The fraction of sp³-hybridized carbons (Fsp3) is 0.438. The number of para-hydroxylation sites is 1. The topological polar surface area (TPSA) is 87.3 Å². The molecule has 0 spiro atoms. The van der Waals surface area contributed by atoms with E-state index in [0.717, 1.165) is 6.42 Å². The molecule has 7 heteroatoms. The van der Waals surface area contributed by atoms with Crippen LogP contribution in [0.1, 0.15) is 12.2 Å². The van der Waals surface area contributed by atoms with Gasteiger partial charge in [0, 0.05) is 20.3 Å². The van der Waals surface area contributed by atoms with Crippen LogP contribution in [0.5, 0.6) is 0 Å². The lowest BCUT2D eigenvalue weighted by Gasteiger charge is -2.15. The van der Waals surface area contributed by atoms with E-state index >= 15 is 0 Å².